The maximum atomic E-state index is 12.1. The number of hydrogen-bond donors (Lipinski definition) is 0. The molecule has 1 aliphatic carbocycles. The molecule has 22 heavy (non-hydrogen) atoms. The fourth-order valence-corrected chi connectivity index (χ4v) is 2.99. The Morgan fingerprint density at radius 3 is 2.82 bits per heavy atom. The third kappa shape index (κ3) is 2.71. The van der Waals surface area contributed by atoms with Crippen molar-refractivity contribution in [1.29, 1.82) is 0 Å². The fraction of sp³-hybridized carbons (Fsp3) is 0.412. The Morgan fingerprint density at radius 2 is 2.09 bits per heavy atom. The number of hydrogen-bond acceptors (Lipinski definition) is 5. The highest BCUT2D eigenvalue weighted by molar-refractivity contribution is 5.91. The zero-order valence-electron chi connectivity index (χ0n) is 12.8. The molecule has 0 radical (unpaired) electrons. The average Bonchev–Trinajstić information content (AvgIpc) is 2.92. The lowest BCUT2D eigenvalue weighted by Crippen LogP contribution is -2.17. The molecule has 2 bridgehead atoms. The summed E-state index contributed by atoms with van der Waals surface area (Å²) in [7, 11) is 0. The minimum absolute atomic E-state index is 0.332. The van der Waals surface area contributed by atoms with E-state index in [1.54, 1.807) is 12.3 Å². The second-order valence-corrected chi connectivity index (χ2v) is 5.82. The third-order valence-corrected chi connectivity index (χ3v) is 3.88. The molecule has 3 rings (SSSR count). The van der Waals surface area contributed by atoms with E-state index in [4.69, 9.17) is 13.9 Å². The Morgan fingerprint density at radius 1 is 1.32 bits per heavy atom. The van der Waals surface area contributed by atoms with Gasteiger partial charge in [0.15, 0.2) is 0 Å². The Hall–Kier alpha value is -2.30. The molecule has 0 N–H and O–H groups in total. The smallest absolute Gasteiger partial charge is 0.334 e. The van der Waals surface area contributed by atoms with E-state index in [1.807, 2.05) is 19.9 Å². The van der Waals surface area contributed by atoms with Crippen LogP contribution in [0.15, 0.2) is 34.0 Å². The lowest BCUT2D eigenvalue weighted by atomic mass is 9.96. The van der Waals surface area contributed by atoms with Crippen molar-refractivity contribution >= 4 is 11.9 Å². The van der Waals surface area contributed by atoms with E-state index in [1.165, 1.54) is 6.92 Å². The average molecular weight is 302 g/mol. The van der Waals surface area contributed by atoms with Gasteiger partial charge < -0.3 is 13.9 Å². The number of esters is 2. The minimum atomic E-state index is -0.465. The van der Waals surface area contributed by atoms with Crippen LogP contribution in [0.5, 0.6) is 0 Å². The summed E-state index contributed by atoms with van der Waals surface area (Å²) in [5.41, 5.74) is 3.45. The van der Waals surface area contributed by atoms with Crippen molar-refractivity contribution in [2.45, 2.75) is 45.8 Å². The highest BCUT2D eigenvalue weighted by Crippen LogP contribution is 2.36. The summed E-state index contributed by atoms with van der Waals surface area (Å²) in [6.07, 6.45) is 5.40. The van der Waals surface area contributed by atoms with Crippen LogP contribution in [0.4, 0.5) is 0 Å². The van der Waals surface area contributed by atoms with Gasteiger partial charge in [0.25, 0.3) is 0 Å². The number of carbonyl (C=O) groups is 2. The van der Waals surface area contributed by atoms with E-state index in [0.29, 0.717) is 18.4 Å². The molecular weight excluding hydrogens is 284 g/mol. The lowest BCUT2D eigenvalue weighted by molar-refractivity contribution is -0.145. The van der Waals surface area contributed by atoms with Gasteiger partial charge in [-0.15, -0.1) is 0 Å². The number of carbonyl (C=O) groups excluding carboxylic acids is 2. The second-order valence-electron chi connectivity index (χ2n) is 5.82. The molecule has 0 aromatic carbocycles. The van der Waals surface area contributed by atoms with Crippen LogP contribution in [0.1, 0.15) is 43.3 Å². The van der Waals surface area contributed by atoms with Crippen LogP contribution >= 0.6 is 0 Å². The van der Waals surface area contributed by atoms with Gasteiger partial charge in [-0.3, -0.25) is 4.79 Å². The molecular formula is C17H18O5. The first-order valence-corrected chi connectivity index (χ1v) is 7.27. The quantitative estimate of drug-likeness (QED) is 0.589. The van der Waals surface area contributed by atoms with Crippen molar-refractivity contribution in [1.82, 2.24) is 0 Å². The zero-order valence-corrected chi connectivity index (χ0v) is 12.8. The standard InChI is InChI=1S/C17H18O5/c1-9-4-13(21-11(3)18)6-12-7-15(22-17(12)19)16-10(2)8-20-14(16)5-9/h4,7-8,13,15H,5-6H2,1-3H3/t13-,15+/m0/s1. The summed E-state index contributed by atoms with van der Waals surface area (Å²) < 4.78 is 16.4. The van der Waals surface area contributed by atoms with Gasteiger partial charge in [-0.05, 0) is 31.6 Å². The molecule has 116 valence electrons. The van der Waals surface area contributed by atoms with Gasteiger partial charge >= 0.3 is 11.9 Å². The Bertz CT molecular complexity index is 692. The van der Waals surface area contributed by atoms with Gasteiger partial charge in [-0.1, -0.05) is 5.57 Å². The molecule has 0 saturated heterocycles. The van der Waals surface area contributed by atoms with Gasteiger partial charge in [0.05, 0.1) is 6.26 Å². The van der Waals surface area contributed by atoms with Crippen molar-refractivity contribution in [3.8, 4) is 0 Å². The summed E-state index contributed by atoms with van der Waals surface area (Å²) in [4.78, 5) is 23.3. The molecule has 2 heterocycles. The molecule has 1 aromatic heterocycles. The Kier molecular flexibility index (Phi) is 3.64. The number of rotatable bonds is 1. The van der Waals surface area contributed by atoms with Crippen LogP contribution in [-0.4, -0.2) is 18.0 Å². The minimum Gasteiger partial charge on any atom is -0.468 e. The van der Waals surface area contributed by atoms with Gasteiger partial charge in [0.1, 0.15) is 18.0 Å². The van der Waals surface area contributed by atoms with E-state index in [-0.39, 0.29) is 11.9 Å². The maximum absolute atomic E-state index is 12.1. The SMILES string of the molecule is CC(=O)O[C@H]1C=C(C)Cc2occ(C)c2[C@H]2C=C(C1)C(=O)O2. The second kappa shape index (κ2) is 5.48. The largest absolute Gasteiger partial charge is 0.468 e. The normalized spacial score (nSPS) is 24.0. The molecule has 1 aliphatic heterocycles. The molecule has 2 atom stereocenters. The summed E-state index contributed by atoms with van der Waals surface area (Å²) >= 11 is 0. The topological polar surface area (TPSA) is 65.7 Å². The highest BCUT2D eigenvalue weighted by atomic mass is 16.6. The molecule has 2 aliphatic rings. The van der Waals surface area contributed by atoms with Crippen molar-refractivity contribution in [3.63, 3.8) is 0 Å². The molecule has 5 nitrogen and oxygen atoms in total. The van der Waals surface area contributed by atoms with Crippen molar-refractivity contribution < 1.29 is 23.5 Å². The van der Waals surface area contributed by atoms with Crippen LogP contribution in [0.3, 0.4) is 0 Å². The predicted molar refractivity (Wildman–Crippen MR) is 78.0 cm³/mol. The van der Waals surface area contributed by atoms with Gasteiger partial charge in [0.2, 0.25) is 0 Å². The number of allylic oxidation sites excluding steroid dienone is 1. The van der Waals surface area contributed by atoms with Crippen molar-refractivity contribution in [3.05, 3.63) is 46.4 Å². The van der Waals surface area contributed by atoms with E-state index >= 15 is 0 Å². The first-order valence-electron chi connectivity index (χ1n) is 7.27. The summed E-state index contributed by atoms with van der Waals surface area (Å²) in [5.74, 6) is 0.0517. The molecule has 5 heteroatoms. The monoisotopic (exact) mass is 302 g/mol. The van der Waals surface area contributed by atoms with E-state index in [2.05, 4.69) is 0 Å². The predicted octanol–water partition coefficient (Wildman–Crippen LogP) is 2.94. The van der Waals surface area contributed by atoms with Crippen LogP contribution in [0, 0.1) is 6.92 Å². The van der Waals surface area contributed by atoms with Crippen LogP contribution < -0.4 is 0 Å². The zero-order chi connectivity index (χ0) is 15.9. The van der Waals surface area contributed by atoms with Gasteiger partial charge in [-0.25, -0.2) is 4.79 Å². The summed E-state index contributed by atoms with van der Waals surface area (Å²) in [6, 6.07) is 0. The molecule has 1 aromatic rings. The van der Waals surface area contributed by atoms with E-state index < -0.39 is 12.2 Å². The molecule has 0 unspecified atom stereocenters. The highest BCUT2D eigenvalue weighted by Gasteiger charge is 2.33. The third-order valence-electron chi connectivity index (χ3n) is 3.88. The van der Waals surface area contributed by atoms with Crippen LogP contribution in [0.2, 0.25) is 0 Å². The fourth-order valence-electron chi connectivity index (χ4n) is 2.99. The first-order chi connectivity index (χ1) is 10.4. The molecule has 0 saturated carbocycles. The number of furan rings is 1. The number of aryl methyl sites for hydroxylation is 1. The molecule has 0 fully saturated rings. The van der Waals surface area contributed by atoms with Crippen molar-refractivity contribution in [2.75, 3.05) is 0 Å². The van der Waals surface area contributed by atoms with Gasteiger partial charge in [0, 0.05) is 30.9 Å². The Labute approximate surface area is 128 Å². The lowest BCUT2D eigenvalue weighted by Gasteiger charge is -2.15. The molecule has 0 amide bonds. The maximum Gasteiger partial charge on any atom is 0.334 e. The summed E-state index contributed by atoms with van der Waals surface area (Å²) in [6.45, 7) is 5.26. The Balaban J connectivity index is 2.04. The number of fused-ring (bicyclic) bond motifs is 3. The van der Waals surface area contributed by atoms with Crippen molar-refractivity contribution in [2.24, 2.45) is 0 Å². The van der Waals surface area contributed by atoms with Crippen LogP contribution in [-0.2, 0) is 25.5 Å². The summed E-state index contributed by atoms with van der Waals surface area (Å²) in [5, 5.41) is 0. The van der Waals surface area contributed by atoms with Crippen LogP contribution in [0.25, 0.3) is 0 Å². The number of ether oxygens (including phenoxy) is 2. The molecule has 0 spiro atoms. The van der Waals surface area contributed by atoms with E-state index in [0.717, 1.165) is 22.5 Å². The van der Waals surface area contributed by atoms with E-state index in [9.17, 15) is 9.59 Å². The van der Waals surface area contributed by atoms with Gasteiger partial charge in [-0.2, -0.15) is 0 Å². The first kappa shape index (κ1) is 14.6.